The van der Waals surface area contributed by atoms with Gasteiger partial charge in [-0.15, -0.1) is 0 Å². The lowest BCUT2D eigenvalue weighted by molar-refractivity contribution is -0.132. The maximum Gasteiger partial charge on any atom is 0.326 e. The highest BCUT2D eigenvalue weighted by molar-refractivity contribution is 7.99. The number of thioether (sulfide) groups is 1. The normalized spacial score (nSPS) is 27.1. The Kier molecular flexibility index (Phi) is 5.37. The Morgan fingerprint density at radius 1 is 1.25 bits per heavy atom. The predicted octanol–water partition coefficient (Wildman–Crippen LogP) is 1.83. The Bertz CT molecular complexity index is 513. The molecule has 3 fully saturated rings. The van der Waals surface area contributed by atoms with Crippen molar-refractivity contribution in [3.05, 3.63) is 0 Å². The molecule has 0 aromatic rings. The number of hydrogen-bond donors (Lipinski definition) is 1. The molecule has 2 saturated heterocycles. The summed E-state index contributed by atoms with van der Waals surface area (Å²) in [4.78, 5) is 39.5. The van der Waals surface area contributed by atoms with Crippen molar-refractivity contribution in [2.75, 3.05) is 31.1 Å². The van der Waals surface area contributed by atoms with Crippen LogP contribution < -0.4 is 5.73 Å². The number of nitrogens with two attached hydrogens (primary N) is 1. The second-order valence-corrected chi connectivity index (χ2v) is 8.74. The second kappa shape index (κ2) is 7.33. The van der Waals surface area contributed by atoms with E-state index in [2.05, 4.69) is 0 Å². The SMILES string of the molecule is NC(=O)CC1(CN2CCC(=O)N(CC3CCCSCC3)C2=O)CC1. The molecule has 2 aliphatic heterocycles. The fourth-order valence-electron chi connectivity index (χ4n) is 3.82. The molecular weight excluding hydrogens is 326 g/mol. The molecule has 24 heavy (non-hydrogen) atoms. The fraction of sp³-hybridized carbons (Fsp3) is 0.824. The summed E-state index contributed by atoms with van der Waals surface area (Å²) in [7, 11) is 0. The largest absolute Gasteiger partial charge is 0.370 e. The van der Waals surface area contributed by atoms with Crippen molar-refractivity contribution in [3.63, 3.8) is 0 Å². The highest BCUT2D eigenvalue weighted by atomic mass is 32.2. The molecule has 3 rings (SSSR count). The van der Waals surface area contributed by atoms with E-state index in [4.69, 9.17) is 5.73 Å². The summed E-state index contributed by atoms with van der Waals surface area (Å²) in [6.07, 6.45) is 5.94. The van der Waals surface area contributed by atoms with Crippen LogP contribution in [0.4, 0.5) is 4.79 Å². The van der Waals surface area contributed by atoms with Gasteiger partial charge in [-0.25, -0.2) is 4.79 Å². The van der Waals surface area contributed by atoms with E-state index < -0.39 is 0 Å². The van der Waals surface area contributed by atoms with Gasteiger partial charge in [0.25, 0.3) is 0 Å². The smallest absolute Gasteiger partial charge is 0.326 e. The zero-order valence-corrected chi connectivity index (χ0v) is 15.0. The zero-order valence-electron chi connectivity index (χ0n) is 14.2. The average Bonchev–Trinajstić information content (AvgIpc) is 3.31. The number of hydrogen-bond acceptors (Lipinski definition) is 4. The Hall–Kier alpha value is -1.24. The van der Waals surface area contributed by atoms with E-state index in [1.54, 1.807) is 4.90 Å². The van der Waals surface area contributed by atoms with E-state index in [1.807, 2.05) is 11.8 Å². The molecule has 0 aromatic carbocycles. The Balaban J connectivity index is 1.61. The number of carbonyl (C=O) groups is 3. The van der Waals surface area contributed by atoms with E-state index in [1.165, 1.54) is 10.7 Å². The topological polar surface area (TPSA) is 83.7 Å². The standard InChI is InChI=1S/C17H27N3O3S/c18-14(21)10-17(5-6-17)12-19-7-3-15(22)20(16(19)23)11-13-2-1-8-24-9-4-13/h13H,1-12H2,(H2,18,21). The van der Waals surface area contributed by atoms with Gasteiger partial charge in [0.05, 0.1) is 0 Å². The van der Waals surface area contributed by atoms with E-state index >= 15 is 0 Å². The van der Waals surface area contributed by atoms with Gasteiger partial charge in [0.1, 0.15) is 0 Å². The summed E-state index contributed by atoms with van der Waals surface area (Å²) in [5.41, 5.74) is 5.20. The average molecular weight is 353 g/mol. The highest BCUT2D eigenvalue weighted by Gasteiger charge is 2.47. The molecule has 2 heterocycles. The zero-order chi connectivity index (χ0) is 17.2. The maximum absolute atomic E-state index is 12.8. The van der Waals surface area contributed by atoms with Crippen LogP contribution in [0.15, 0.2) is 0 Å². The number of rotatable bonds is 6. The van der Waals surface area contributed by atoms with Gasteiger partial charge in [0.2, 0.25) is 11.8 Å². The molecule has 1 aliphatic carbocycles. The van der Waals surface area contributed by atoms with Gasteiger partial charge in [-0.3, -0.25) is 14.5 Å². The first-order valence-corrected chi connectivity index (χ1v) is 10.1. The summed E-state index contributed by atoms with van der Waals surface area (Å²) in [5.74, 6) is 2.37. The van der Waals surface area contributed by atoms with Gasteiger partial charge in [-0.1, -0.05) is 0 Å². The first-order chi connectivity index (χ1) is 11.5. The van der Waals surface area contributed by atoms with Crippen molar-refractivity contribution >= 4 is 29.6 Å². The van der Waals surface area contributed by atoms with Gasteiger partial charge in [-0.05, 0) is 54.9 Å². The van der Waals surface area contributed by atoms with Crippen LogP contribution in [0.25, 0.3) is 0 Å². The van der Waals surface area contributed by atoms with E-state index in [0.29, 0.717) is 38.4 Å². The molecule has 0 aromatic heterocycles. The molecule has 1 unspecified atom stereocenters. The number of imide groups is 1. The number of nitrogens with zero attached hydrogens (tertiary/aromatic N) is 2. The third-order valence-corrected chi connectivity index (χ3v) is 6.54. The molecule has 4 amide bonds. The van der Waals surface area contributed by atoms with Gasteiger partial charge in [0.15, 0.2) is 0 Å². The minimum Gasteiger partial charge on any atom is -0.370 e. The third kappa shape index (κ3) is 4.23. The molecule has 3 aliphatic rings. The summed E-state index contributed by atoms with van der Waals surface area (Å²) < 4.78 is 0. The maximum atomic E-state index is 12.8. The number of amides is 4. The summed E-state index contributed by atoms with van der Waals surface area (Å²) in [6, 6.07) is -0.168. The third-order valence-electron chi connectivity index (χ3n) is 5.44. The van der Waals surface area contributed by atoms with Crippen LogP contribution >= 0.6 is 11.8 Å². The molecular formula is C17H27N3O3S. The van der Waals surface area contributed by atoms with Crippen molar-refractivity contribution in [1.82, 2.24) is 9.80 Å². The lowest BCUT2D eigenvalue weighted by atomic mass is 9.99. The molecule has 2 N–H and O–H groups in total. The van der Waals surface area contributed by atoms with Gasteiger partial charge >= 0.3 is 6.03 Å². The number of primary amides is 1. The number of carbonyl (C=O) groups excluding carboxylic acids is 3. The van der Waals surface area contributed by atoms with Crippen LogP contribution in [-0.4, -0.2) is 58.8 Å². The Morgan fingerprint density at radius 2 is 2.04 bits per heavy atom. The van der Waals surface area contributed by atoms with Gasteiger partial charge < -0.3 is 10.6 Å². The first kappa shape index (κ1) is 17.6. The van der Waals surface area contributed by atoms with Gasteiger partial charge in [-0.2, -0.15) is 11.8 Å². The molecule has 0 bridgehead atoms. The van der Waals surface area contributed by atoms with Crippen molar-refractivity contribution in [1.29, 1.82) is 0 Å². The first-order valence-electron chi connectivity index (χ1n) is 8.94. The minimum absolute atomic E-state index is 0.0482. The summed E-state index contributed by atoms with van der Waals surface area (Å²) in [5, 5.41) is 0. The van der Waals surface area contributed by atoms with E-state index in [0.717, 1.165) is 37.9 Å². The van der Waals surface area contributed by atoms with Crippen LogP contribution in [0.5, 0.6) is 0 Å². The lowest BCUT2D eigenvalue weighted by Gasteiger charge is -2.37. The van der Waals surface area contributed by atoms with Crippen LogP contribution in [0, 0.1) is 11.3 Å². The van der Waals surface area contributed by atoms with Crippen molar-refractivity contribution in [2.24, 2.45) is 17.1 Å². The van der Waals surface area contributed by atoms with Crippen molar-refractivity contribution < 1.29 is 14.4 Å². The minimum atomic E-state index is -0.305. The van der Waals surface area contributed by atoms with Crippen LogP contribution in [-0.2, 0) is 9.59 Å². The molecule has 0 radical (unpaired) electrons. The Labute approximate surface area is 147 Å². The molecule has 0 spiro atoms. The highest BCUT2D eigenvalue weighted by Crippen LogP contribution is 2.49. The van der Waals surface area contributed by atoms with E-state index in [9.17, 15) is 14.4 Å². The lowest BCUT2D eigenvalue weighted by Crippen LogP contribution is -2.55. The number of urea groups is 1. The second-order valence-electron chi connectivity index (χ2n) is 7.51. The molecule has 1 saturated carbocycles. The fourth-order valence-corrected chi connectivity index (χ4v) is 4.89. The summed E-state index contributed by atoms with van der Waals surface area (Å²) in [6.45, 7) is 1.58. The molecule has 6 nitrogen and oxygen atoms in total. The molecule has 134 valence electrons. The quantitative estimate of drug-likeness (QED) is 0.789. The van der Waals surface area contributed by atoms with Crippen LogP contribution in [0.1, 0.15) is 44.9 Å². The van der Waals surface area contributed by atoms with Crippen molar-refractivity contribution in [2.45, 2.75) is 44.9 Å². The summed E-state index contributed by atoms with van der Waals surface area (Å²) >= 11 is 1.96. The molecule has 7 heteroatoms. The van der Waals surface area contributed by atoms with E-state index in [-0.39, 0.29) is 23.3 Å². The van der Waals surface area contributed by atoms with Crippen LogP contribution in [0.2, 0.25) is 0 Å². The van der Waals surface area contributed by atoms with Crippen molar-refractivity contribution in [3.8, 4) is 0 Å². The van der Waals surface area contributed by atoms with Gasteiger partial charge in [0, 0.05) is 32.5 Å². The monoisotopic (exact) mass is 353 g/mol. The predicted molar refractivity (Wildman–Crippen MR) is 93.4 cm³/mol. The molecule has 1 atom stereocenters. The Morgan fingerprint density at radius 3 is 2.75 bits per heavy atom. The van der Waals surface area contributed by atoms with Crippen LogP contribution in [0.3, 0.4) is 0 Å².